The van der Waals surface area contributed by atoms with Crippen molar-refractivity contribution in [1.82, 2.24) is 0 Å². The summed E-state index contributed by atoms with van der Waals surface area (Å²) in [5.41, 5.74) is 0. The van der Waals surface area contributed by atoms with E-state index in [-0.39, 0.29) is 0 Å². The van der Waals surface area contributed by atoms with Crippen molar-refractivity contribution in [2.75, 3.05) is 0 Å². The summed E-state index contributed by atoms with van der Waals surface area (Å²) in [7, 11) is 0. The molecule has 32 heavy (non-hydrogen) atoms. The molecule has 0 aromatic heterocycles. The van der Waals surface area contributed by atoms with E-state index in [1.807, 2.05) is 0 Å². The SMILES string of the molecule is CCCCCCCCCCC1C/C=C/CC/C=C/CC(CCCCCCCCCC)N=N1. The van der Waals surface area contributed by atoms with Crippen molar-refractivity contribution in [2.24, 2.45) is 10.2 Å². The van der Waals surface area contributed by atoms with Crippen molar-refractivity contribution in [2.45, 2.75) is 167 Å². The van der Waals surface area contributed by atoms with Gasteiger partial charge in [0.15, 0.2) is 0 Å². The van der Waals surface area contributed by atoms with Crippen molar-refractivity contribution in [3.8, 4) is 0 Å². The van der Waals surface area contributed by atoms with Gasteiger partial charge in [-0.3, -0.25) is 0 Å². The van der Waals surface area contributed by atoms with Gasteiger partial charge in [0.05, 0.1) is 12.1 Å². The van der Waals surface area contributed by atoms with Gasteiger partial charge >= 0.3 is 0 Å². The highest BCUT2D eigenvalue weighted by molar-refractivity contribution is 4.92. The van der Waals surface area contributed by atoms with Crippen LogP contribution in [-0.2, 0) is 0 Å². The molecule has 186 valence electrons. The van der Waals surface area contributed by atoms with Gasteiger partial charge in [0.25, 0.3) is 0 Å². The minimum Gasteiger partial charge on any atom is -0.190 e. The number of rotatable bonds is 18. The third kappa shape index (κ3) is 18.6. The quantitative estimate of drug-likeness (QED) is 0.148. The van der Waals surface area contributed by atoms with E-state index in [1.54, 1.807) is 0 Å². The Labute approximate surface area is 201 Å². The van der Waals surface area contributed by atoms with E-state index in [2.05, 4.69) is 38.2 Å². The van der Waals surface area contributed by atoms with Gasteiger partial charge in [0, 0.05) is 0 Å². The molecule has 1 aliphatic rings. The van der Waals surface area contributed by atoms with Crippen molar-refractivity contribution in [3.63, 3.8) is 0 Å². The first-order valence-electron chi connectivity index (χ1n) is 14.6. The van der Waals surface area contributed by atoms with Crippen LogP contribution in [0.2, 0.25) is 0 Å². The molecule has 2 heteroatoms. The third-order valence-corrected chi connectivity index (χ3v) is 6.82. The average Bonchev–Trinajstić information content (AvgIpc) is 2.80. The van der Waals surface area contributed by atoms with Crippen LogP contribution in [0, 0.1) is 0 Å². The Morgan fingerprint density at radius 2 is 0.812 bits per heavy atom. The Balaban J connectivity index is 2.33. The fourth-order valence-corrected chi connectivity index (χ4v) is 4.60. The molecule has 0 saturated carbocycles. The molecular formula is C30H56N2. The first-order valence-corrected chi connectivity index (χ1v) is 14.6. The van der Waals surface area contributed by atoms with Crippen LogP contribution in [0.1, 0.15) is 155 Å². The Kier molecular flexibility index (Phi) is 21.1. The number of hydrogen-bond donors (Lipinski definition) is 0. The molecule has 1 aliphatic heterocycles. The smallest absolute Gasteiger partial charge is 0.0742 e. The highest BCUT2D eigenvalue weighted by Crippen LogP contribution is 2.19. The lowest BCUT2D eigenvalue weighted by molar-refractivity contribution is 0.480. The maximum atomic E-state index is 4.89. The normalized spacial score (nSPS) is 21.7. The standard InChI is InChI=1S/C30H56N2/c1-3-5-7-9-11-13-17-21-25-29-27-23-19-15-16-20-24-28-30(32-31-29)26-22-18-14-12-10-8-6-4-2/h19-20,23-24,29-30H,3-18,21-22,25-28H2,1-2H3/b23-19+,24-20+,32-31?. The summed E-state index contributed by atoms with van der Waals surface area (Å²) in [5.74, 6) is 0. The van der Waals surface area contributed by atoms with Gasteiger partial charge in [0.2, 0.25) is 0 Å². The lowest BCUT2D eigenvalue weighted by Gasteiger charge is -2.13. The molecule has 0 N–H and O–H groups in total. The molecule has 0 aromatic rings. The average molecular weight is 445 g/mol. The molecular weight excluding hydrogens is 388 g/mol. The van der Waals surface area contributed by atoms with E-state index >= 15 is 0 Å². The summed E-state index contributed by atoms with van der Waals surface area (Å²) in [4.78, 5) is 0. The maximum absolute atomic E-state index is 4.89. The Hall–Kier alpha value is -0.920. The van der Waals surface area contributed by atoms with Crippen LogP contribution in [0.25, 0.3) is 0 Å². The van der Waals surface area contributed by atoms with Gasteiger partial charge in [-0.15, -0.1) is 0 Å². The van der Waals surface area contributed by atoms with Crippen molar-refractivity contribution >= 4 is 0 Å². The van der Waals surface area contributed by atoms with E-state index < -0.39 is 0 Å². The summed E-state index contributed by atoms with van der Waals surface area (Å²) < 4.78 is 0. The van der Waals surface area contributed by atoms with E-state index in [0.29, 0.717) is 12.1 Å². The summed E-state index contributed by atoms with van der Waals surface area (Å²) in [6.07, 6.45) is 38.5. The monoisotopic (exact) mass is 444 g/mol. The largest absolute Gasteiger partial charge is 0.190 e. The summed E-state index contributed by atoms with van der Waals surface area (Å²) in [5, 5.41) is 9.77. The van der Waals surface area contributed by atoms with Crippen molar-refractivity contribution in [3.05, 3.63) is 24.3 Å². The Morgan fingerprint density at radius 1 is 0.469 bits per heavy atom. The molecule has 2 atom stereocenters. The number of allylic oxidation sites excluding steroid dienone is 2. The second-order valence-corrected chi connectivity index (χ2v) is 10.1. The fraction of sp³-hybridized carbons (Fsp3) is 0.867. The van der Waals surface area contributed by atoms with Crippen molar-refractivity contribution in [1.29, 1.82) is 0 Å². The number of unbranched alkanes of at least 4 members (excludes halogenated alkanes) is 14. The highest BCUT2D eigenvalue weighted by atomic mass is 15.1. The second-order valence-electron chi connectivity index (χ2n) is 10.1. The first-order chi connectivity index (χ1) is 15.9. The van der Waals surface area contributed by atoms with Gasteiger partial charge in [0.1, 0.15) is 0 Å². The number of azo groups is 1. The van der Waals surface area contributed by atoms with Gasteiger partial charge in [-0.1, -0.05) is 141 Å². The van der Waals surface area contributed by atoms with E-state index in [9.17, 15) is 0 Å². The summed E-state index contributed by atoms with van der Waals surface area (Å²) in [6, 6.07) is 0.798. The topological polar surface area (TPSA) is 24.7 Å². The summed E-state index contributed by atoms with van der Waals surface area (Å²) >= 11 is 0. The van der Waals surface area contributed by atoms with Crippen LogP contribution >= 0.6 is 0 Å². The van der Waals surface area contributed by atoms with Gasteiger partial charge in [-0.25, -0.2) is 0 Å². The number of hydrogen-bond acceptors (Lipinski definition) is 2. The lowest BCUT2D eigenvalue weighted by Crippen LogP contribution is -2.07. The summed E-state index contributed by atoms with van der Waals surface area (Å²) in [6.45, 7) is 4.59. The molecule has 2 nitrogen and oxygen atoms in total. The van der Waals surface area contributed by atoms with E-state index in [1.165, 1.54) is 128 Å². The Bertz CT molecular complexity index is 423. The molecule has 0 aliphatic carbocycles. The zero-order valence-electron chi connectivity index (χ0n) is 21.9. The van der Waals surface area contributed by atoms with Crippen LogP contribution in [0.3, 0.4) is 0 Å². The zero-order valence-corrected chi connectivity index (χ0v) is 21.9. The number of nitrogens with zero attached hydrogens (tertiary/aromatic N) is 2. The van der Waals surface area contributed by atoms with Crippen LogP contribution in [0.15, 0.2) is 34.5 Å². The second kappa shape index (κ2) is 23.2. The third-order valence-electron chi connectivity index (χ3n) is 6.82. The van der Waals surface area contributed by atoms with Gasteiger partial charge in [-0.2, -0.15) is 10.2 Å². The van der Waals surface area contributed by atoms with E-state index in [0.717, 1.165) is 12.8 Å². The van der Waals surface area contributed by atoms with Crippen LogP contribution < -0.4 is 0 Å². The minimum atomic E-state index is 0.399. The zero-order chi connectivity index (χ0) is 23.0. The molecule has 0 aromatic carbocycles. The van der Waals surface area contributed by atoms with Crippen molar-refractivity contribution < 1.29 is 0 Å². The molecule has 0 amide bonds. The maximum Gasteiger partial charge on any atom is 0.0742 e. The first kappa shape index (κ1) is 29.1. The predicted molar refractivity (Wildman–Crippen MR) is 144 cm³/mol. The molecule has 0 spiro atoms. The highest BCUT2D eigenvalue weighted by Gasteiger charge is 2.10. The lowest BCUT2D eigenvalue weighted by atomic mass is 10.0. The van der Waals surface area contributed by atoms with Gasteiger partial charge in [-0.05, 0) is 38.5 Å². The molecule has 0 saturated heterocycles. The van der Waals surface area contributed by atoms with Crippen LogP contribution in [0.4, 0.5) is 0 Å². The van der Waals surface area contributed by atoms with Crippen LogP contribution in [-0.4, -0.2) is 12.1 Å². The van der Waals surface area contributed by atoms with Crippen LogP contribution in [0.5, 0.6) is 0 Å². The molecule has 2 unspecified atom stereocenters. The molecule has 0 bridgehead atoms. The molecule has 1 heterocycles. The van der Waals surface area contributed by atoms with Gasteiger partial charge < -0.3 is 0 Å². The molecule has 0 fully saturated rings. The minimum absolute atomic E-state index is 0.399. The predicted octanol–water partition coefficient (Wildman–Crippen LogP) is 10.9. The molecule has 1 rings (SSSR count). The molecule has 0 radical (unpaired) electrons. The van der Waals surface area contributed by atoms with E-state index in [4.69, 9.17) is 10.2 Å². The fourth-order valence-electron chi connectivity index (χ4n) is 4.60. The Morgan fingerprint density at radius 3 is 1.19 bits per heavy atom.